The summed E-state index contributed by atoms with van der Waals surface area (Å²) in [7, 11) is 1.95. The molecule has 0 heterocycles. The van der Waals surface area contributed by atoms with Gasteiger partial charge in [0.1, 0.15) is 5.02 Å². The molecule has 0 aromatic heterocycles. The number of carbonyl (C=O) groups excluding carboxylic acids is 1. The number of carbonyl (C=O) groups is 1. The van der Waals surface area contributed by atoms with E-state index < -0.39 is 4.92 Å². The number of nitro benzene ring substituents is 1. The lowest BCUT2D eigenvalue weighted by Crippen LogP contribution is -2.32. The van der Waals surface area contributed by atoms with Crippen LogP contribution in [0.1, 0.15) is 17.3 Å². The molecule has 0 bridgehead atoms. The third-order valence-electron chi connectivity index (χ3n) is 2.73. The number of benzene rings is 1. The highest BCUT2D eigenvalue weighted by Gasteiger charge is 2.14. The summed E-state index contributed by atoms with van der Waals surface area (Å²) in [6, 6.07) is 3.93. The zero-order valence-electron chi connectivity index (χ0n) is 10.9. The van der Waals surface area contributed by atoms with Gasteiger partial charge in [-0.2, -0.15) is 0 Å². The van der Waals surface area contributed by atoms with Crippen LogP contribution >= 0.6 is 11.6 Å². The fraction of sp³-hybridized carbons (Fsp3) is 0.417. The first-order valence-corrected chi connectivity index (χ1v) is 6.24. The minimum absolute atomic E-state index is 0.0386. The second-order valence-electron chi connectivity index (χ2n) is 4.08. The first-order valence-electron chi connectivity index (χ1n) is 5.86. The van der Waals surface area contributed by atoms with E-state index in [1.54, 1.807) is 0 Å². The highest BCUT2D eigenvalue weighted by atomic mass is 35.5. The molecule has 1 aromatic rings. The summed E-state index contributed by atoms with van der Waals surface area (Å²) in [5.41, 5.74) is 0.110. The molecule has 0 spiro atoms. The van der Waals surface area contributed by atoms with Crippen LogP contribution in [0.2, 0.25) is 5.02 Å². The van der Waals surface area contributed by atoms with Gasteiger partial charge in [0.15, 0.2) is 0 Å². The number of nitrogens with one attached hydrogen (secondary N) is 1. The monoisotopic (exact) mass is 285 g/mol. The van der Waals surface area contributed by atoms with Crippen LogP contribution in [0, 0.1) is 10.1 Å². The summed E-state index contributed by atoms with van der Waals surface area (Å²) >= 11 is 5.75. The van der Waals surface area contributed by atoms with Gasteiger partial charge in [0, 0.05) is 24.7 Å². The Balaban J connectivity index is 2.63. The quantitative estimate of drug-likeness (QED) is 0.640. The lowest BCUT2D eigenvalue weighted by molar-refractivity contribution is -0.384. The van der Waals surface area contributed by atoms with E-state index in [2.05, 4.69) is 10.2 Å². The number of amides is 1. The van der Waals surface area contributed by atoms with Gasteiger partial charge in [-0.05, 0) is 25.7 Å². The predicted molar refractivity (Wildman–Crippen MR) is 73.6 cm³/mol. The number of nitro groups is 1. The molecule has 0 saturated heterocycles. The minimum atomic E-state index is -0.583. The van der Waals surface area contributed by atoms with Crippen LogP contribution < -0.4 is 5.32 Å². The summed E-state index contributed by atoms with van der Waals surface area (Å²) in [6.45, 7) is 4.18. The van der Waals surface area contributed by atoms with Crippen molar-refractivity contribution in [3.63, 3.8) is 0 Å². The van der Waals surface area contributed by atoms with Crippen molar-refractivity contribution in [3.05, 3.63) is 38.9 Å². The van der Waals surface area contributed by atoms with E-state index in [0.717, 1.165) is 13.1 Å². The number of rotatable bonds is 6. The van der Waals surface area contributed by atoms with Crippen LogP contribution in [-0.4, -0.2) is 42.4 Å². The first-order chi connectivity index (χ1) is 8.95. The van der Waals surface area contributed by atoms with Crippen LogP contribution in [0.4, 0.5) is 5.69 Å². The normalized spacial score (nSPS) is 10.5. The molecule has 1 aromatic carbocycles. The summed E-state index contributed by atoms with van der Waals surface area (Å²) in [6.07, 6.45) is 0. The first kappa shape index (κ1) is 15.4. The average Bonchev–Trinajstić information content (AvgIpc) is 2.37. The Morgan fingerprint density at radius 3 is 2.74 bits per heavy atom. The van der Waals surface area contributed by atoms with Gasteiger partial charge in [-0.25, -0.2) is 0 Å². The Bertz CT molecular complexity index is 479. The van der Waals surface area contributed by atoms with Crippen molar-refractivity contribution in [1.82, 2.24) is 10.2 Å². The van der Waals surface area contributed by atoms with Crippen molar-refractivity contribution in [3.8, 4) is 0 Å². The molecule has 1 N–H and O–H groups in total. The number of hydrogen-bond acceptors (Lipinski definition) is 4. The van der Waals surface area contributed by atoms with E-state index in [4.69, 9.17) is 11.6 Å². The number of halogens is 1. The van der Waals surface area contributed by atoms with Gasteiger partial charge in [0.25, 0.3) is 11.6 Å². The third-order valence-corrected chi connectivity index (χ3v) is 3.03. The molecule has 6 nitrogen and oxygen atoms in total. The van der Waals surface area contributed by atoms with Crippen molar-refractivity contribution in [2.45, 2.75) is 6.92 Å². The van der Waals surface area contributed by atoms with Crippen LogP contribution in [0.3, 0.4) is 0 Å². The van der Waals surface area contributed by atoms with E-state index in [1.807, 2.05) is 14.0 Å². The molecule has 0 radical (unpaired) electrons. The van der Waals surface area contributed by atoms with Crippen molar-refractivity contribution in [1.29, 1.82) is 0 Å². The van der Waals surface area contributed by atoms with Gasteiger partial charge in [0.05, 0.1) is 4.92 Å². The molecular weight excluding hydrogens is 270 g/mol. The zero-order chi connectivity index (χ0) is 14.4. The number of likely N-dealkylation sites (N-methyl/N-ethyl adjacent to an activating group) is 1. The Labute approximate surface area is 116 Å². The summed E-state index contributed by atoms with van der Waals surface area (Å²) in [5.74, 6) is -0.290. The molecule has 0 fully saturated rings. The van der Waals surface area contributed by atoms with E-state index in [0.29, 0.717) is 12.1 Å². The molecule has 19 heavy (non-hydrogen) atoms. The molecule has 0 saturated carbocycles. The molecule has 7 heteroatoms. The molecule has 1 rings (SSSR count). The third kappa shape index (κ3) is 4.50. The van der Waals surface area contributed by atoms with Gasteiger partial charge in [0.2, 0.25) is 0 Å². The number of nitrogens with zero attached hydrogens (tertiary/aromatic N) is 2. The predicted octanol–water partition coefficient (Wildman–Crippen LogP) is 1.93. The Morgan fingerprint density at radius 1 is 1.53 bits per heavy atom. The maximum atomic E-state index is 11.8. The standard InChI is InChI=1S/C12H16ClN3O3/c1-3-15(2)7-6-14-12(17)9-4-5-11(16(18)19)10(13)8-9/h4-5,8H,3,6-7H2,1-2H3,(H,14,17). The van der Waals surface area contributed by atoms with Crippen LogP contribution in [0.25, 0.3) is 0 Å². The topological polar surface area (TPSA) is 75.5 Å². The van der Waals surface area contributed by atoms with Gasteiger partial charge in [-0.1, -0.05) is 18.5 Å². The Morgan fingerprint density at radius 2 is 2.21 bits per heavy atom. The van der Waals surface area contributed by atoms with Crippen molar-refractivity contribution >= 4 is 23.2 Å². The molecule has 0 atom stereocenters. The molecule has 0 aliphatic carbocycles. The van der Waals surface area contributed by atoms with E-state index in [-0.39, 0.29) is 16.6 Å². The van der Waals surface area contributed by atoms with E-state index in [9.17, 15) is 14.9 Å². The van der Waals surface area contributed by atoms with Crippen molar-refractivity contribution in [2.24, 2.45) is 0 Å². The average molecular weight is 286 g/mol. The van der Waals surface area contributed by atoms with E-state index >= 15 is 0 Å². The molecule has 0 aliphatic heterocycles. The smallest absolute Gasteiger partial charge is 0.287 e. The molecular formula is C12H16ClN3O3. The highest BCUT2D eigenvalue weighted by Crippen LogP contribution is 2.24. The minimum Gasteiger partial charge on any atom is -0.351 e. The number of hydrogen-bond donors (Lipinski definition) is 1. The fourth-order valence-corrected chi connectivity index (χ4v) is 1.67. The molecule has 1 amide bonds. The molecule has 0 aliphatic rings. The lowest BCUT2D eigenvalue weighted by Gasteiger charge is -2.13. The maximum absolute atomic E-state index is 11.8. The van der Waals surface area contributed by atoms with Crippen LogP contribution in [0.5, 0.6) is 0 Å². The van der Waals surface area contributed by atoms with Crippen LogP contribution in [-0.2, 0) is 0 Å². The van der Waals surface area contributed by atoms with Crippen LogP contribution in [0.15, 0.2) is 18.2 Å². The van der Waals surface area contributed by atoms with Gasteiger partial charge >= 0.3 is 0 Å². The summed E-state index contributed by atoms with van der Waals surface area (Å²) in [4.78, 5) is 23.9. The van der Waals surface area contributed by atoms with E-state index in [1.165, 1.54) is 18.2 Å². The lowest BCUT2D eigenvalue weighted by atomic mass is 10.2. The maximum Gasteiger partial charge on any atom is 0.287 e. The SMILES string of the molecule is CCN(C)CCNC(=O)c1ccc([N+](=O)[O-])c(Cl)c1. The Kier molecular flexibility index (Phi) is 5.72. The second-order valence-corrected chi connectivity index (χ2v) is 4.48. The zero-order valence-corrected chi connectivity index (χ0v) is 11.6. The summed E-state index contributed by atoms with van der Waals surface area (Å²) < 4.78 is 0. The Hall–Kier alpha value is -1.66. The van der Waals surface area contributed by atoms with Gasteiger partial charge in [-0.15, -0.1) is 0 Å². The fourth-order valence-electron chi connectivity index (χ4n) is 1.42. The van der Waals surface area contributed by atoms with Crippen molar-refractivity contribution < 1.29 is 9.72 Å². The largest absolute Gasteiger partial charge is 0.351 e. The molecule has 0 unspecified atom stereocenters. The highest BCUT2D eigenvalue weighted by molar-refractivity contribution is 6.33. The molecule has 104 valence electrons. The van der Waals surface area contributed by atoms with Crippen molar-refractivity contribution in [2.75, 3.05) is 26.7 Å². The van der Waals surface area contributed by atoms with Gasteiger partial charge < -0.3 is 10.2 Å². The van der Waals surface area contributed by atoms with Gasteiger partial charge in [-0.3, -0.25) is 14.9 Å². The summed E-state index contributed by atoms with van der Waals surface area (Å²) in [5, 5.41) is 13.3. The second kappa shape index (κ2) is 7.06.